The Morgan fingerprint density at radius 2 is 2.00 bits per heavy atom. The van der Waals surface area contributed by atoms with Crippen LogP contribution in [0.25, 0.3) is 0 Å². The molecule has 21 heavy (non-hydrogen) atoms. The molecule has 0 bridgehead atoms. The molecule has 3 nitrogen and oxygen atoms in total. The molecule has 2 rings (SSSR count). The molecule has 0 fully saturated rings. The average molecular weight is 348 g/mol. The number of hydrogen-bond donors (Lipinski definition) is 0. The van der Waals surface area contributed by atoms with E-state index in [1.54, 1.807) is 19.1 Å². The summed E-state index contributed by atoms with van der Waals surface area (Å²) in [6, 6.07) is 7.43. The molecule has 0 aliphatic carbocycles. The molecule has 0 aliphatic rings. The monoisotopic (exact) mass is 347 g/mol. The predicted molar refractivity (Wildman–Crippen MR) is 85.2 cm³/mol. The number of alkyl halides is 1. The van der Waals surface area contributed by atoms with E-state index >= 15 is 0 Å². The van der Waals surface area contributed by atoms with Crippen molar-refractivity contribution in [2.75, 3.05) is 10.8 Å². The second-order valence-electron chi connectivity index (χ2n) is 4.43. The summed E-state index contributed by atoms with van der Waals surface area (Å²) in [4.78, 5) is 0.805. The van der Waals surface area contributed by atoms with Crippen molar-refractivity contribution in [2.24, 2.45) is 0 Å². The molecule has 0 saturated carbocycles. The third-order valence-corrected chi connectivity index (χ3v) is 7.07. The van der Waals surface area contributed by atoms with E-state index in [0.29, 0.717) is 0 Å². The quantitative estimate of drug-likeness (QED) is 0.762. The van der Waals surface area contributed by atoms with Crippen LogP contribution in [0.15, 0.2) is 34.5 Å². The van der Waals surface area contributed by atoms with Gasteiger partial charge in [-0.05, 0) is 37.6 Å². The normalized spacial score (nSPS) is 11.6. The first-order chi connectivity index (χ1) is 9.91. The van der Waals surface area contributed by atoms with Crippen molar-refractivity contribution in [1.29, 1.82) is 0 Å². The van der Waals surface area contributed by atoms with Gasteiger partial charge >= 0.3 is 0 Å². The highest BCUT2D eigenvalue weighted by Crippen LogP contribution is 2.32. The van der Waals surface area contributed by atoms with Gasteiger partial charge in [-0.3, -0.25) is 4.31 Å². The predicted octanol–water partition coefficient (Wildman–Crippen LogP) is 4.15. The van der Waals surface area contributed by atoms with Crippen LogP contribution in [0.5, 0.6) is 0 Å². The number of hydrogen-bond acceptors (Lipinski definition) is 3. The highest BCUT2D eigenvalue weighted by Gasteiger charge is 2.27. The highest BCUT2D eigenvalue weighted by atomic mass is 35.5. The maximum atomic E-state index is 13.9. The van der Waals surface area contributed by atoms with Crippen molar-refractivity contribution in [3.05, 3.63) is 46.6 Å². The minimum Gasteiger partial charge on any atom is -0.263 e. The number of thiophene rings is 1. The molecule has 7 heteroatoms. The minimum absolute atomic E-state index is 0.0541. The lowest BCUT2D eigenvalue weighted by Crippen LogP contribution is -2.30. The van der Waals surface area contributed by atoms with Crippen LogP contribution in [0.1, 0.15) is 17.4 Å². The van der Waals surface area contributed by atoms with Gasteiger partial charge in [0.15, 0.2) is 0 Å². The Morgan fingerprint density at radius 1 is 1.33 bits per heavy atom. The molecule has 0 spiro atoms. The van der Waals surface area contributed by atoms with E-state index in [1.165, 1.54) is 18.2 Å². The molecule has 1 aromatic carbocycles. The lowest BCUT2D eigenvalue weighted by Gasteiger charge is -2.22. The number of rotatable bonds is 5. The fourth-order valence-corrected chi connectivity index (χ4v) is 5.39. The van der Waals surface area contributed by atoms with Crippen molar-refractivity contribution in [2.45, 2.75) is 23.9 Å². The Hall–Kier alpha value is -1.11. The number of halogens is 2. The zero-order chi connectivity index (χ0) is 15.6. The molecule has 2 aromatic rings. The lowest BCUT2D eigenvalue weighted by molar-refractivity contribution is 0.588. The third-order valence-electron chi connectivity index (χ3n) is 3.07. The molecular weight excluding hydrogens is 333 g/mol. The molecule has 1 aromatic heterocycles. The van der Waals surface area contributed by atoms with E-state index in [9.17, 15) is 12.8 Å². The second kappa shape index (κ2) is 6.34. The highest BCUT2D eigenvalue weighted by molar-refractivity contribution is 7.94. The zero-order valence-corrected chi connectivity index (χ0v) is 14.0. The summed E-state index contributed by atoms with van der Waals surface area (Å²) < 4.78 is 40.6. The van der Waals surface area contributed by atoms with Crippen LogP contribution in [0.4, 0.5) is 10.1 Å². The first-order valence-corrected chi connectivity index (χ1v) is 9.13. The Labute approximate surface area is 133 Å². The van der Waals surface area contributed by atoms with Gasteiger partial charge in [0.05, 0.1) is 11.6 Å². The number of sulfonamides is 1. The summed E-state index contributed by atoms with van der Waals surface area (Å²) in [5, 5.41) is 0. The first-order valence-electron chi connectivity index (χ1n) is 6.34. The van der Waals surface area contributed by atoms with Gasteiger partial charge in [0.25, 0.3) is 10.0 Å². The van der Waals surface area contributed by atoms with Crippen molar-refractivity contribution in [3.63, 3.8) is 0 Å². The van der Waals surface area contributed by atoms with E-state index in [-0.39, 0.29) is 22.3 Å². The van der Waals surface area contributed by atoms with E-state index < -0.39 is 15.8 Å². The minimum atomic E-state index is -3.79. The second-order valence-corrected chi connectivity index (χ2v) is 7.92. The van der Waals surface area contributed by atoms with Crippen LogP contribution in [-0.4, -0.2) is 15.0 Å². The number of para-hydroxylation sites is 1. The molecule has 0 radical (unpaired) electrons. The Kier molecular flexibility index (Phi) is 4.91. The zero-order valence-electron chi connectivity index (χ0n) is 11.6. The maximum Gasteiger partial charge on any atom is 0.273 e. The standard InChI is InChI=1S/C14H15ClFNO2S2/c1-3-17(12-7-5-4-6-11(12)16)21(18,19)14-8-10(2)13(9-15)20-14/h4-8H,3,9H2,1-2H3. The van der Waals surface area contributed by atoms with Crippen LogP contribution >= 0.6 is 22.9 Å². The summed E-state index contributed by atoms with van der Waals surface area (Å²) in [5.74, 6) is -0.300. The number of aryl methyl sites for hydroxylation is 1. The van der Waals surface area contributed by atoms with Gasteiger partial charge in [-0.25, -0.2) is 12.8 Å². The fraction of sp³-hybridized carbons (Fsp3) is 0.286. The molecule has 114 valence electrons. The van der Waals surface area contributed by atoms with Crippen LogP contribution in [0.3, 0.4) is 0 Å². The average Bonchev–Trinajstić information content (AvgIpc) is 2.83. The molecule has 0 saturated heterocycles. The Morgan fingerprint density at radius 3 is 2.52 bits per heavy atom. The largest absolute Gasteiger partial charge is 0.273 e. The number of nitrogens with zero attached hydrogens (tertiary/aromatic N) is 1. The molecule has 0 amide bonds. The van der Waals surface area contributed by atoms with Crippen molar-refractivity contribution < 1.29 is 12.8 Å². The third kappa shape index (κ3) is 3.07. The number of benzene rings is 1. The van der Waals surface area contributed by atoms with Gasteiger partial charge in [0, 0.05) is 11.4 Å². The lowest BCUT2D eigenvalue weighted by atomic mass is 10.3. The van der Waals surface area contributed by atoms with E-state index in [4.69, 9.17) is 11.6 Å². The molecule has 0 aliphatic heterocycles. The maximum absolute atomic E-state index is 13.9. The Balaban J connectivity index is 2.52. The van der Waals surface area contributed by atoms with Crippen LogP contribution < -0.4 is 4.31 Å². The summed E-state index contributed by atoms with van der Waals surface area (Å²) in [7, 11) is -3.79. The summed E-state index contributed by atoms with van der Waals surface area (Å²) >= 11 is 6.92. The van der Waals surface area contributed by atoms with Crippen molar-refractivity contribution in [1.82, 2.24) is 0 Å². The van der Waals surface area contributed by atoms with Gasteiger partial charge in [-0.1, -0.05) is 12.1 Å². The van der Waals surface area contributed by atoms with Gasteiger partial charge < -0.3 is 0 Å². The fourth-order valence-electron chi connectivity index (χ4n) is 1.98. The molecule has 0 atom stereocenters. The summed E-state index contributed by atoms with van der Waals surface area (Å²) in [5.41, 5.74) is 0.886. The molecule has 0 N–H and O–H groups in total. The molecule has 1 heterocycles. The topological polar surface area (TPSA) is 37.4 Å². The van der Waals surface area contributed by atoms with Gasteiger partial charge in [0.2, 0.25) is 0 Å². The van der Waals surface area contributed by atoms with Crippen LogP contribution in [0.2, 0.25) is 0 Å². The summed E-state index contributed by atoms with van der Waals surface area (Å²) in [6.45, 7) is 3.63. The van der Waals surface area contributed by atoms with Crippen molar-refractivity contribution in [3.8, 4) is 0 Å². The van der Waals surface area contributed by atoms with Crippen LogP contribution in [-0.2, 0) is 15.9 Å². The van der Waals surface area contributed by atoms with Gasteiger partial charge in [0.1, 0.15) is 10.0 Å². The Bertz CT molecular complexity index is 743. The number of anilines is 1. The molecule has 0 unspecified atom stereocenters. The van der Waals surface area contributed by atoms with E-state index in [2.05, 4.69) is 0 Å². The van der Waals surface area contributed by atoms with E-state index in [1.807, 2.05) is 6.92 Å². The first kappa shape index (κ1) is 16.3. The smallest absolute Gasteiger partial charge is 0.263 e. The SMILES string of the molecule is CCN(c1ccccc1F)S(=O)(=O)c1cc(C)c(CCl)s1. The van der Waals surface area contributed by atoms with Crippen molar-refractivity contribution >= 4 is 38.6 Å². The summed E-state index contributed by atoms with van der Waals surface area (Å²) in [6.07, 6.45) is 0. The van der Waals surface area contributed by atoms with Gasteiger partial charge in [-0.15, -0.1) is 22.9 Å². The van der Waals surface area contributed by atoms with E-state index in [0.717, 1.165) is 26.1 Å². The molecular formula is C14H15ClFNO2S2. The van der Waals surface area contributed by atoms with Crippen LogP contribution in [0, 0.1) is 12.7 Å². The van der Waals surface area contributed by atoms with Gasteiger partial charge in [-0.2, -0.15) is 0 Å².